The highest BCUT2D eigenvalue weighted by molar-refractivity contribution is 5.95. The number of rotatable bonds is 4. The molecule has 1 saturated carbocycles. The molecule has 7 nitrogen and oxygen atoms in total. The first-order valence-corrected chi connectivity index (χ1v) is 10.5. The van der Waals surface area contributed by atoms with Crippen LogP contribution in [0.25, 0.3) is 22.3 Å². The quantitative estimate of drug-likeness (QED) is 0.667. The Balaban J connectivity index is 0.000000491. The number of nitriles is 1. The number of H-pyrrole nitrogens is 1. The Kier molecular flexibility index (Phi) is 7.03. The molecule has 160 valence electrons. The van der Waals surface area contributed by atoms with Crippen LogP contribution in [0.2, 0.25) is 0 Å². The van der Waals surface area contributed by atoms with Gasteiger partial charge in [-0.2, -0.15) is 5.26 Å². The molecule has 1 aliphatic rings. The Morgan fingerprint density at radius 1 is 1.19 bits per heavy atom. The minimum Gasteiger partial charge on any atom is -0.370 e. The lowest BCUT2D eigenvalue weighted by molar-refractivity contribution is -0.117. The van der Waals surface area contributed by atoms with E-state index in [1.54, 1.807) is 13.1 Å². The molecule has 0 saturated heterocycles. The van der Waals surface area contributed by atoms with Gasteiger partial charge in [-0.05, 0) is 37.1 Å². The zero-order chi connectivity index (χ0) is 22.4. The molecular weight excluding hydrogens is 390 g/mol. The maximum Gasteiger partial charge on any atom is 0.253 e. The second-order valence-electron chi connectivity index (χ2n) is 7.66. The van der Waals surface area contributed by atoms with Crippen LogP contribution in [0.4, 0.5) is 0 Å². The molecule has 31 heavy (non-hydrogen) atoms. The summed E-state index contributed by atoms with van der Waals surface area (Å²) in [7, 11) is 1.90. The van der Waals surface area contributed by atoms with Crippen LogP contribution in [0.1, 0.15) is 54.9 Å². The third-order valence-corrected chi connectivity index (χ3v) is 5.61. The summed E-state index contributed by atoms with van der Waals surface area (Å²) in [6.07, 6.45) is 6.73. The van der Waals surface area contributed by atoms with Crippen molar-refractivity contribution in [2.75, 3.05) is 7.05 Å². The van der Waals surface area contributed by atoms with Gasteiger partial charge < -0.3 is 15.6 Å². The highest BCUT2D eigenvalue weighted by Gasteiger charge is 2.24. The van der Waals surface area contributed by atoms with Crippen LogP contribution in [0.5, 0.6) is 0 Å². The van der Waals surface area contributed by atoms with Crippen molar-refractivity contribution in [1.29, 1.82) is 5.26 Å². The summed E-state index contributed by atoms with van der Waals surface area (Å²) < 4.78 is 0. The molecule has 1 aromatic carbocycles. The first kappa shape index (κ1) is 22.0. The highest BCUT2D eigenvalue weighted by Crippen LogP contribution is 2.25. The van der Waals surface area contributed by atoms with Crippen LogP contribution in [0.15, 0.2) is 42.6 Å². The molecule has 7 heteroatoms. The van der Waals surface area contributed by atoms with Crippen LogP contribution in [0.3, 0.4) is 0 Å². The zero-order valence-corrected chi connectivity index (χ0v) is 17.9. The molecule has 3 aromatic rings. The summed E-state index contributed by atoms with van der Waals surface area (Å²) in [5.41, 5.74) is 9.12. The van der Waals surface area contributed by atoms with E-state index in [1.807, 2.05) is 48.3 Å². The van der Waals surface area contributed by atoms with Crippen molar-refractivity contribution in [1.82, 2.24) is 14.9 Å². The average Bonchev–Trinajstić information content (AvgIpc) is 3.48. The highest BCUT2D eigenvalue weighted by atomic mass is 16.2. The largest absolute Gasteiger partial charge is 0.370 e. The van der Waals surface area contributed by atoms with Gasteiger partial charge in [0.15, 0.2) is 0 Å². The fourth-order valence-electron chi connectivity index (χ4n) is 3.69. The van der Waals surface area contributed by atoms with Crippen LogP contribution in [-0.4, -0.2) is 39.8 Å². The van der Waals surface area contributed by atoms with E-state index >= 15 is 0 Å². The standard InChI is InChI=1S/C21H20N4O.C3H7NO/c1-25(17-4-2-3-5-17)21(26)15-8-6-14(7-9-15)18-10-11-19-20(24-18)16(12-22)13-23-19;1-2-3(4)5/h6-11,13,17,23H,2-5H2,1H3;2H2,1H3,(H2,4,5). The molecule has 1 aliphatic carbocycles. The van der Waals surface area contributed by atoms with Gasteiger partial charge in [-0.25, -0.2) is 4.98 Å². The van der Waals surface area contributed by atoms with Gasteiger partial charge in [-0.3, -0.25) is 9.59 Å². The summed E-state index contributed by atoms with van der Waals surface area (Å²) in [5, 5.41) is 9.17. The van der Waals surface area contributed by atoms with Crippen LogP contribution >= 0.6 is 0 Å². The molecule has 2 heterocycles. The lowest BCUT2D eigenvalue weighted by Gasteiger charge is -2.24. The monoisotopic (exact) mass is 417 g/mol. The van der Waals surface area contributed by atoms with E-state index in [0.29, 0.717) is 29.1 Å². The smallest absolute Gasteiger partial charge is 0.253 e. The number of hydrogen-bond donors (Lipinski definition) is 2. The second kappa shape index (κ2) is 9.90. The van der Waals surface area contributed by atoms with Gasteiger partial charge in [0.1, 0.15) is 11.6 Å². The first-order valence-electron chi connectivity index (χ1n) is 10.5. The number of nitrogens with one attached hydrogen (secondary N) is 1. The second-order valence-corrected chi connectivity index (χ2v) is 7.66. The summed E-state index contributed by atoms with van der Waals surface area (Å²) in [6, 6.07) is 13.9. The first-order chi connectivity index (χ1) is 14.9. The van der Waals surface area contributed by atoms with Gasteiger partial charge in [0.25, 0.3) is 5.91 Å². The molecule has 0 atom stereocenters. The number of nitrogens with zero attached hydrogens (tertiary/aromatic N) is 3. The maximum atomic E-state index is 12.7. The zero-order valence-electron chi connectivity index (χ0n) is 17.9. The van der Waals surface area contributed by atoms with Crippen LogP contribution < -0.4 is 5.73 Å². The van der Waals surface area contributed by atoms with E-state index in [9.17, 15) is 14.9 Å². The number of carbonyl (C=O) groups excluding carboxylic acids is 2. The lowest BCUT2D eigenvalue weighted by Crippen LogP contribution is -2.35. The van der Waals surface area contributed by atoms with E-state index in [-0.39, 0.29) is 11.8 Å². The predicted octanol–water partition coefficient (Wildman–Crippen LogP) is 4.00. The summed E-state index contributed by atoms with van der Waals surface area (Å²) in [5.74, 6) is -0.172. The molecule has 3 N–H and O–H groups in total. The van der Waals surface area contributed by atoms with Crippen molar-refractivity contribution in [3.63, 3.8) is 0 Å². The Morgan fingerprint density at radius 3 is 2.42 bits per heavy atom. The van der Waals surface area contributed by atoms with Gasteiger partial charge in [-0.1, -0.05) is 31.9 Å². The van der Waals surface area contributed by atoms with Crippen molar-refractivity contribution < 1.29 is 9.59 Å². The Bertz CT molecular complexity index is 1110. The van der Waals surface area contributed by atoms with E-state index < -0.39 is 0 Å². The normalized spacial score (nSPS) is 13.3. The number of hydrogen-bond acceptors (Lipinski definition) is 4. The molecule has 0 spiro atoms. The Hall–Kier alpha value is -3.66. The van der Waals surface area contributed by atoms with Crippen LogP contribution in [-0.2, 0) is 4.79 Å². The SMILES string of the molecule is CCC(N)=O.CN(C(=O)c1ccc(-c2ccc3[nH]cc(C#N)c3n2)cc1)C1CCCC1. The number of aromatic nitrogens is 2. The van der Waals surface area contributed by atoms with E-state index in [4.69, 9.17) is 0 Å². The Labute approximate surface area is 181 Å². The number of carbonyl (C=O) groups is 2. The maximum absolute atomic E-state index is 12.7. The molecule has 4 rings (SSSR count). The summed E-state index contributed by atoms with van der Waals surface area (Å²) in [6.45, 7) is 1.72. The Morgan fingerprint density at radius 2 is 1.84 bits per heavy atom. The lowest BCUT2D eigenvalue weighted by atomic mass is 10.1. The number of pyridine rings is 1. The number of primary amides is 1. The predicted molar refractivity (Wildman–Crippen MR) is 120 cm³/mol. The van der Waals surface area contributed by atoms with Crippen LogP contribution in [0, 0.1) is 11.3 Å². The molecule has 0 unspecified atom stereocenters. The molecule has 2 aromatic heterocycles. The minimum atomic E-state index is -0.245. The number of nitrogens with two attached hydrogens (primary N) is 1. The number of benzene rings is 1. The van der Waals surface area contributed by atoms with Gasteiger partial charge in [0.2, 0.25) is 5.91 Å². The van der Waals surface area contributed by atoms with Crippen molar-refractivity contribution in [3.8, 4) is 17.3 Å². The third-order valence-electron chi connectivity index (χ3n) is 5.61. The number of amides is 2. The topological polar surface area (TPSA) is 116 Å². The molecular formula is C24H27N5O2. The molecule has 1 fully saturated rings. The van der Waals surface area contributed by atoms with E-state index in [1.165, 1.54) is 12.8 Å². The molecule has 2 amide bonds. The van der Waals surface area contributed by atoms with E-state index in [0.717, 1.165) is 29.6 Å². The number of fused-ring (bicyclic) bond motifs is 1. The number of aromatic amines is 1. The van der Waals surface area contributed by atoms with E-state index in [2.05, 4.69) is 21.8 Å². The fraction of sp³-hybridized carbons (Fsp3) is 0.333. The van der Waals surface area contributed by atoms with Crippen molar-refractivity contribution >= 4 is 22.8 Å². The summed E-state index contributed by atoms with van der Waals surface area (Å²) >= 11 is 0. The molecule has 0 radical (unpaired) electrons. The fourth-order valence-corrected chi connectivity index (χ4v) is 3.69. The van der Waals surface area contributed by atoms with Gasteiger partial charge in [0, 0.05) is 36.8 Å². The third kappa shape index (κ3) is 5.10. The van der Waals surface area contributed by atoms with Crippen molar-refractivity contribution in [2.24, 2.45) is 5.73 Å². The molecule has 0 bridgehead atoms. The summed E-state index contributed by atoms with van der Waals surface area (Å²) in [4.78, 5) is 31.8. The van der Waals surface area contributed by atoms with Gasteiger partial charge in [-0.15, -0.1) is 0 Å². The van der Waals surface area contributed by atoms with Gasteiger partial charge >= 0.3 is 0 Å². The molecule has 0 aliphatic heterocycles. The van der Waals surface area contributed by atoms with Crippen molar-refractivity contribution in [3.05, 3.63) is 53.7 Å². The average molecular weight is 418 g/mol. The minimum absolute atomic E-state index is 0.0734. The van der Waals surface area contributed by atoms with Crippen molar-refractivity contribution in [2.45, 2.75) is 45.1 Å². The van der Waals surface area contributed by atoms with Gasteiger partial charge in [0.05, 0.1) is 16.8 Å².